The zero-order valence-electron chi connectivity index (χ0n) is 15.1. The van der Waals surface area contributed by atoms with E-state index in [9.17, 15) is 4.79 Å². The average molecular weight is 342 g/mol. The van der Waals surface area contributed by atoms with Crippen molar-refractivity contribution in [3.63, 3.8) is 0 Å². The van der Waals surface area contributed by atoms with Crippen LogP contribution in [0.5, 0.6) is 0 Å². The van der Waals surface area contributed by atoms with Crippen LogP contribution < -0.4 is 10.2 Å². The van der Waals surface area contributed by atoms with Crippen molar-refractivity contribution in [3.05, 3.63) is 95.6 Å². The van der Waals surface area contributed by atoms with Gasteiger partial charge in [-0.1, -0.05) is 67.6 Å². The highest BCUT2D eigenvalue weighted by atomic mass is 16.2. The van der Waals surface area contributed by atoms with Crippen molar-refractivity contribution in [2.24, 2.45) is 0 Å². The Morgan fingerprint density at radius 2 is 1.54 bits per heavy atom. The molecule has 0 saturated carbocycles. The molecule has 130 valence electrons. The van der Waals surface area contributed by atoms with Crippen molar-refractivity contribution in [1.82, 2.24) is 0 Å². The van der Waals surface area contributed by atoms with Gasteiger partial charge in [0.05, 0.1) is 5.56 Å². The van der Waals surface area contributed by atoms with E-state index in [4.69, 9.17) is 0 Å². The molecule has 1 atom stereocenters. The molecular weight excluding hydrogens is 320 g/mol. The number of anilines is 2. The molecule has 1 aliphatic heterocycles. The van der Waals surface area contributed by atoms with Crippen LogP contribution in [0.3, 0.4) is 0 Å². The molecule has 1 N–H and O–H groups in total. The number of carbonyl (C=O) groups excluding carboxylic acids is 1. The quantitative estimate of drug-likeness (QED) is 0.698. The molecule has 0 saturated heterocycles. The molecule has 1 amide bonds. The van der Waals surface area contributed by atoms with E-state index in [-0.39, 0.29) is 5.91 Å². The van der Waals surface area contributed by atoms with Gasteiger partial charge in [0.25, 0.3) is 5.91 Å². The van der Waals surface area contributed by atoms with Crippen molar-refractivity contribution in [2.45, 2.75) is 25.9 Å². The molecular formula is C23H22N2O. The van der Waals surface area contributed by atoms with Crippen molar-refractivity contribution >= 4 is 17.3 Å². The minimum Gasteiger partial charge on any atom is -0.358 e. The van der Waals surface area contributed by atoms with Crippen LogP contribution in [0, 0.1) is 6.92 Å². The Kier molecular flexibility index (Phi) is 4.00. The summed E-state index contributed by atoms with van der Waals surface area (Å²) in [6.07, 6.45) is 0.741. The normalized spacial score (nSPS) is 19.0. The molecule has 0 bridgehead atoms. The van der Waals surface area contributed by atoms with Gasteiger partial charge in [0.2, 0.25) is 0 Å². The summed E-state index contributed by atoms with van der Waals surface area (Å²) in [5, 5.41) is 3.69. The number of amides is 1. The highest BCUT2D eigenvalue weighted by Crippen LogP contribution is 2.43. The zero-order valence-corrected chi connectivity index (χ0v) is 15.1. The fourth-order valence-electron chi connectivity index (χ4n) is 3.85. The molecule has 1 heterocycles. The first-order valence-electron chi connectivity index (χ1n) is 9.00. The van der Waals surface area contributed by atoms with E-state index in [1.807, 2.05) is 65.6 Å². The number of hydrogen-bond donors (Lipinski definition) is 1. The van der Waals surface area contributed by atoms with Crippen LogP contribution in [0.4, 0.5) is 11.4 Å². The number of para-hydroxylation sites is 2. The maximum atomic E-state index is 13.6. The molecule has 26 heavy (non-hydrogen) atoms. The van der Waals surface area contributed by atoms with Gasteiger partial charge in [0, 0.05) is 11.4 Å². The fourth-order valence-corrected chi connectivity index (χ4v) is 3.85. The summed E-state index contributed by atoms with van der Waals surface area (Å²) in [6, 6.07) is 26.0. The lowest BCUT2D eigenvalue weighted by Gasteiger charge is -2.49. The lowest BCUT2D eigenvalue weighted by Crippen LogP contribution is -2.58. The van der Waals surface area contributed by atoms with Gasteiger partial charge in [-0.15, -0.1) is 0 Å². The lowest BCUT2D eigenvalue weighted by atomic mass is 9.88. The van der Waals surface area contributed by atoms with Gasteiger partial charge < -0.3 is 5.32 Å². The second-order valence-corrected chi connectivity index (χ2v) is 6.68. The standard InChI is InChI=1S/C23H22N2O/c1-3-23(18-12-5-4-6-13-18)24-20-15-9-8-14-19(20)22(26)25(23)21-16-10-7-11-17(21)2/h4-16,24H,3H2,1-2H3. The van der Waals surface area contributed by atoms with Crippen LogP contribution in [-0.2, 0) is 5.66 Å². The van der Waals surface area contributed by atoms with Crippen LogP contribution in [0.1, 0.15) is 34.8 Å². The Balaban J connectivity index is 2.01. The maximum absolute atomic E-state index is 13.6. The number of nitrogens with zero attached hydrogens (tertiary/aromatic N) is 1. The molecule has 0 fully saturated rings. The van der Waals surface area contributed by atoms with Crippen LogP contribution in [0.2, 0.25) is 0 Å². The minimum absolute atomic E-state index is 0.0272. The highest BCUT2D eigenvalue weighted by molar-refractivity contribution is 6.13. The third kappa shape index (κ3) is 2.39. The second kappa shape index (κ2) is 6.34. The van der Waals surface area contributed by atoms with Crippen molar-refractivity contribution in [2.75, 3.05) is 10.2 Å². The first kappa shape index (κ1) is 16.4. The van der Waals surface area contributed by atoms with Crippen molar-refractivity contribution < 1.29 is 4.79 Å². The fraction of sp³-hybridized carbons (Fsp3) is 0.174. The number of rotatable bonds is 3. The molecule has 3 aromatic carbocycles. The topological polar surface area (TPSA) is 32.3 Å². The number of fused-ring (bicyclic) bond motifs is 1. The van der Waals surface area contributed by atoms with Gasteiger partial charge >= 0.3 is 0 Å². The monoisotopic (exact) mass is 342 g/mol. The van der Waals surface area contributed by atoms with Gasteiger partial charge in [0.15, 0.2) is 0 Å². The number of hydrogen-bond acceptors (Lipinski definition) is 2. The van der Waals surface area contributed by atoms with Crippen molar-refractivity contribution in [3.8, 4) is 0 Å². The van der Waals surface area contributed by atoms with E-state index in [1.165, 1.54) is 0 Å². The summed E-state index contributed by atoms with van der Waals surface area (Å²) in [4.78, 5) is 15.5. The van der Waals surface area contributed by atoms with E-state index >= 15 is 0 Å². The molecule has 1 unspecified atom stereocenters. The molecule has 0 radical (unpaired) electrons. The molecule has 4 rings (SSSR count). The first-order chi connectivity index (χ1) is 12.7. The molecule has 0 aliphatic carbocycles. The molecule has 0 spiro atoms. The highest BCUT2D eigenvalue weighted by Gasteiger charge is 2.46. The van der Waals surface area contributed by atoms with Crippen LogP contribution in [0.25, 0.3) is 0 Å². The van der Waals surface area contributed by atoms with E-state index in [1.54, 1.807) is 0 Å². The van der Waals surface area contributed by atoms with Gasteiger partial charge in [-0.05, 0) is 42.7 Å². The third-order valence-corrected chi connectivity index (χ3v) is 5.20. The van der Waals surface area contributed by atoms with Gasteiger partial charge in [-0.2, -0.15) is 0 Å². The summed E-state index contributed by atoms with van der Waals surface area (Å²) in [6.45, 7) is 4.17. The zero-order chi connectivity index (χ0) is 18.1. The van der Waals surface area contributed by atoms with Gasteiger partial charge in [-0.3, -0.25) is 9.69 Å². The number of carbonyl (C=O) groups is 1. The van der Waals surface area contributed by atoms with E-state index in [0.717, 1.165) is 28.9 Å². The maximum Gasteiger partial charge on any atom is 0.262 e. The van der Waals surface area contributed by atoms with Crippen LogP contribution >= 0.6 is 0 Å². The third-order valence-electron chi connectivity index (χ3n) is 5.20. The minimum atomic E-state index is -0.626. The SMILES string of the molecule is CCC1(c2ccccc2)Nc2ccccc2C(=O)N1c1ccccc1C. The van der Waals surface area contributed by atoms with Gasteiger partial charge in [0.1, 0.15) is 5.66 Å². The number of benzene rings is 3. The van der Waals surface area contributed by atoms with Crippen LogP contribution in [-0.4, -0.2) is 5.91 Å². The second-order valence-electron chi connectivity index (χ2n) is 6.68. The Morgan fingerprint density at radius 3 is 2.27 bits per heavy atom. The Labute approximate surface area is 154 Å². The van der Waals surface area contributed by atoms with E-state index in [0.29, 0.717) is 5.56 Å². The predicted molar refractivity (Wildman–Crippen MR) is 106 cm³/mol. The average Bonchev–Trinajstić information content (AvgIpc) is 2.69. The lowest BCUT2D eigenvalue weighted by molar-refractivity contribution is 0.0950. The number of aryl methyl sites for hydroxylation is 1. The summed E-state index contributed by atoms with van der Waals surface area (Å²) < 4.78 is 0. The smallest absolute Gasteiger partial charge is 0.262 e. The van der Waals surface area contributed by atoms with Crippen LogP contribution in [0.15, 0.2) is 78.9 Å². The summed E-state index contributed by atoms with van der Waals surface area (Å²) in [5.41, 5.74) is 4.05. The Hall–Kier alpha value is -3.07. The van der Waals surface area contributed by atoms with E-state index in [2.05, 4.69) is 37.4 Å². The molecule has 0 aromatic heterocycles. The largest absolute Gasteiger partial charge is 0.358 e. The summed E-state index contributed by atoms with van der Waals surface area (Å²) >= 11 is 0. The molecule has 3 aromatic rings. The first-order valence-corrected chi connectivity index (χ1v) is 9.00. The summed E-state index contributed by atoms with van der Waals surface area (Å²) in [7, 11) is 0. The molecule has 3 nitrogen and oxygen atoms in total. The molecule has 1 aliphatic rings. The Morgan fingerprint density at radius 1 is 0.885 bits per heavy atom. The summed E-state index contributed by atoms with van der Waals surface area (Å²) in [5.74, 6) is 0.0272. The predicted octanol–water partition coefficient (Wildman–Crippen LogP) is 5.33. The van der Waals surface area contributed by atoms with E-state index < -0.39 is 5.66 Å². The molecule has 3 heteroatoms. The number of nitrogens with one attached hydrogen (secondary N) is 1. The van der Waals surface area contributed by atoms with Gasteiger partial charge in [-0.25, -0.2) is 0 Å². The van der Waals surface area contributed by atoms with Crippen molar-refractivity contribution in [1.29, 1.82) is 0 Å². The Bertz CT molecular complexity index is 951.